The van der Waals surface area contributed by atoms with Crippen molar-refractivity contribution in [3.8, 4) is 10.6 Å². The smallest absolute Gasteiger partial charge is 0.123 e. The van der Waals surface area contributed by atoms with E-state index in [2.05, 4.69) is 62.2 Å². The highest BCUT2D eigenvalue weighted by molar-refractivity contribution is 7.19. The molecule has 0 saturated carbocycles. The molecule has 0 saturated heterocycles. The van der Waals surface area contributed by atoms with E-state index in [1.807, 2.05) is 23.1 Å². The number of anilines is 1. The minimum absolute atomic E-state index is 0.246. The Morgan fingerprint density at radius 2 is 1.76 bits per heavy atom. The summed E-state index contributed by atoms with van der Waals surface area (Å²) in [4.78, 5) is 5.02. The van der Waals surface area contributed by atoms with E-state index in [1.54, 1.807) is 0 Å². The van der Waals surface area contributed by atoms with Crippen LogP contribution in [0.15, 0.2) is 42.6 Å². The number of thiophene rings is 1. The number of rotatable bonds is 6. The Balaban J connectivity index is 2.01. The molecular weight excluding hydrogens is 352 g/mol. The Labute approximate surface area is 158 Å². The van der Waals surface area contributed by atoms with Crippen LogP contribution in [-0.2, 0) is 5.54 Å². The van der Waals surface area contributed by atoms with Gasteiger partial charge in [0.2, 0.25) is 0 Å². The highest BCUT2D eigenvalue weighted by Gasteiger charge is 2.33. The summed E-state index contributed by atoms with van der Waals surface area (Å²) in [6, 6.07) is 12.6. The minimum Gasteiger partial charge on any atom is -0.378 e. The lowest BCUT2D eigenvalue weighted by atomic mass is 9.85. The fourth-order valence-electron chi connectivity index (χ4n) is 3.16. The molecule has 0 unspecified atom stereocenters. The van der Waals surface area contributed by atoms with Crippen molar-refractivity contribution in [1.82, 2.24) is 15.0 Å². The molecule has 1 aromatic carbocycles. The standard InChI is InChI=1S/C19H23ClN4S/c1-5-19(6-2,14-7-9-15(10-8-14)23(3)4)24-21-13-16(22-24)17-11-12-18(20)25-17/h7-13H,5-6H2,1-4H3. The van der Waals surface area contributed by atoms with Crippen molar-refractivity contribution in [1.29, 1.82) is 0 Å². The largest absolute Gasteiger partial charge is 0.378 e. The predicted molar refractivity (Wildman–Crippen MR) is 107 cm³/mol. The summed E-state index contributed by atoms with van der Waals surface area (Å²) in [6.45, 7) is 4.38. The molecule has 0 aliphatic rings. The molecule has 2 aromatic heterocycles. The molecule has 3 aromatic rings. The zero-order valence-corrected chi connectivity index (χ0v) is 16.6. The zero-order chi connectivity index (χ0) is 18.0. The number of halogens is 1. The summed E-state index contributed by atoms with van der Waals surface area (Å²) in [6.07, 6.45) is 3.67. The van der Waals surface area contributed by atoms with E-state index in [0.717, 1.165) is 27.7 Å². The maximum atomic E-state index is 6.06. The monoisotopic (exact) mass is 374 g/mol. The van der Waals surface area contributed by atoms with Crippen LogP contribution in [0, 0.1) is 0 Å². The van der Waals surface area contributed by atoms with Gasteiger partial charge >= 0.3 is 0 Å². The van der Waals surface area contributed by atoms with Gasteiger partial charge in [-0.3, -0.25) is 0 Å². The first-order valence-corrected chi connectivity index (χ1v) is 9.66. The van der Waals surface area contributed by atoms with Gasteiger partial charge in [0.15, 0.2) is 0 Å². The van der Waals surface area contributed by atoms with Crippen LogP contribution >= 0.6 is 22.9 Å². The van der Waals surface area contributed by atoms with Gasteiger partial charge in [-0.15, -0.1) is 11.3 Å². The average molecular weight is 375 g/mol. The van der Waals surface area contributed by atoms with Crippen molar-refractivity contribution in [3.05, 3.63) is 52.5 Å². The number of nitrogens with zero attached hydrogens (tertiary/aromatic N) is 4. The van der Waals surface area contributed by atoms with Crippen LogP contribution < -0.4 is 4.90 Å². The van der Waals surface area contributed by atoms with E-state index in [9.17, 15) is 0 Å². The first-order chi connectivity index (χ1) is 12.0. The Hall–Kier alpha value is -1.85. The van der Waals surface area contributed by atoms with Gasteiger partial charge in [0.05, 0.1) is 15.4 Å². The first-order valence-electron chi connectivity index (χ1n) is 8.46. The van der Waals surface area contributed by atoms with Gasteiger partial charge in [-0.05, 0) is 42.7 Å². The Morgan fingerprint density at radius 3 is 2.28 bits per heavy atom. The third-order valence-corrected chi connectivity index (χ3v) is 6.04. The molecule has 0 N–H and O–H groups in total. The van der Waals surface area contributed by atoms with Crippen LogP contribution in [0.1, 0.15) is 32.3 Å². The molecule has 6 heteroatoms. The van der Waals surface area contributed by atoms with Gasteiger partial charge in [0, 0.05) is 19.8 Å². The second-order valence-corrected chi connectivity index (χ2v) is 8.02. The van der Waals surface area contributed by atoms with Gasteiger partial charge in [0.1, 0.15) is 11.2 Å². The lowest BCUT2D eigenvalue weighted by Crippen LogP contribution is -2.35. The number of hydrogen-bond donors (Lipinski definition) is 0. The van der Waals surface area contributed by atoms with Crippen molar-refractivity contribution < 1.29 is 0 Å². The van der Waals surface area contributed by atoms with Crippen LogP contribution in [0.25, 0.3) is 10.6 Å². The van der Waals surface area contributed by atoms with Gasteiger partial charge < -0.3 is 4.90 Å². The SMILES string of the molecule is CCC(CC)(c1ccc(N(C)C)cc1)n1ncc(-c2ccc(Cl)s2)n1. The van der Waals surface area contributed by atoms with Crippen molar-refractivity contribution in [2.45, 2.75) is 32.2 Å². The van der Waals surface area contributed by atoms with Crippen molar-refractivity contribution in [2.75, 3.05) is 19.0 Å². The van der Waals surface area contributed by atoms with Crippen molar-refractivity contribution in [3.63, 3.8) is 0 Å². The van der Waals surface area contributed by atoms with Gasteiger partial charge in [-0.25, -0.2) is 0 Å². The van der Waals surface area contributed by atoms with Crippen LogP contribution in [0.2, 0.25) is 4.34 Å². The van der Waals surface area contributed by atoms with Crippen LogP contribution in [0.3, 0.4) is 0 Å². The van der Waals surface area contributed by atoms with Crippen LogP contribution in [-0.4, -0.2) is 29.1 Å². The lowest BCUT2D eigenvalue weighted by Gasteiger charge is -2.31. The molecule has 0 aliphatic carbocycles. The predicted octanol–water partition coefficient (Wildman–Crippen LogP) is 5.29. The fourth-order valence-corrected chi connectivity index (χ4v) is 4.15. The molecule has 0 radical (unpaired) electrons. The number of aromatic nitrogens is 3. The molecule has 2 heterocycles. The average Bonchev–Trinajstić information content (AvgIpc) is 3.26. The molecule has 0 bridgehead atoms. The van der Waals surface area contributed by atoms with E-state index < -0.39 is 0 Å². The van der Waals surface area contributed by atoms with Gasteiger partial charge in [-0.1, -0.05) is 37.6 Å². The summed E-state index contributed by atoms with van der Waals surface area (Å²) in [5.74, 6) is 0. The Kier molecular flexibility index (Phi) is 5.16. The summed E-state index contributed by atoms with van der Waals surface area (Å²) in [5, 5.41) is 9.40. The third-order valence-electron chi connectivity index (χ3n) is 4.79. The molecular formula is C19H23ClN4S. The second kappa shape index (κ2) is 7.18. The molecule has 3 rings (SSSR count). The molecule has 0 fully saturated rings. The molecule has 4 nitrogen and oxygen atoms in total. The highest BCUT2D eigenvalue weighted by Crippen LogP contribution is 2.35. The van der Waals surface area contributed by atoms with Gasteiger partial charge in [0.25, 0.3) is 0 Å². The minimum atomic E-state index is -0.246. The maximum Gasteiger partial charge on any atom is 0.123 e. The van der Waals surface area contributed by atoms with Crippen LogP contribution in [0.5, 0.6) is 0 Å². The van der Waals surface area contributed by atoms with E-state index in [1.165, 1.54) is 22.6 Å². The Morgan fingerprint density at radius 1 is 1.08 bits per heavy atom. The molecule has 25 heavy (non-hydrogen) atoms. The van der Waals surface area contributed by atoms with Crippen molar-refractivity contribution in [2.24, 2.45) is 0 Å². The summed E-state index contributed by atoms with van der Waals surface area (Å²) in [7, 11) is 4.10. The summed E-state index contributed by atoms with van der Waals surface area (Å²) < 4.78 is 0.765. The maximum absolute atomic E-state index is 6.06. The molecule has 0 atom stereocenters. The number of hydrogen-bond acceptors (Lipinski definition) is 4. The molecule has 0 amide bonds. The summed E-state index contributed by atoms with van der Waals surface area (Å²) in [5.41, 5.74) is 3.04. The van der Waals surface area contributed by atoms with E-state index >= 15 is 0 Å². The van der Waals surface area contributed by atoms with E-state index in [4.69, 9.17) is 16.7 Å². The zero-order valence-electron chi connectivity index (χ0n) is 15.0. The Bertz CT molecular complexity index is 831. The fraction of sp³-hybridized carbons (Fsp3) is 0.368. The second-order valence-electron chi connectivity index (χ2n) is 6.30. The number of benzene rings is 1. The molecule has 132 valence electrons. The quantitative estimate of drug-likeness (QED) is 0.587. The van der Waals surface area contributed by atoms with Gasteiger partial charge in [-0.2, -0.15) is 15.0 Å². The van der Waals surface area contributed by atoms with E-state index in [-0.39, 0.29) is 5.54 Å². The third kappa shape index (κ3) is 3.31. The first kappa shape index (κ1) is 18.0. The topological polar surface area (TPSA) is 34.0 Å². The normalized spacial score (nSPS) is 11.7. The van der Waals surface area contributed by atoms with Crippen LogP contribution in [0.4, 0.5) is 5.69 Å². The molecule has 0 spiro atoms. The highest BCUT2D eigenvalue weighted by atomic mass is 35.5. The summed E-state index contributed by atoms with van der Waals surface area (Å²) >= 11 is 7.58. The van der Waals surface area contributed by atoms with Crippen molar-refractivity contribution >= 4 is 28.6 Å². The molecule has 0 aliphatic heterocycles. The van der Waals surface area contributed by atoms with E-state index in [0.29, 0.717) is 0 Å². The lowest BCUT2D eigenvalue weighted by molar-refractivity contribution is 0.263.